The molecule has 5 heteroatoms. The lowest BCUT2D eigenvalue weighted by molar-refractivity contribution is 0.0475. The normalized spacial score (nSPS) is 10.4. The van der Waals surface area contributed by atoms with Crippen LogP contribution in [0.25, 0.3) is 10.9 Å². The number of benzene rings is 2. The van der Waals surface area contributed by atoms with E-state index in [0.717, 1.165) is 22.9 Å². The zero-order chi connectivity index (χ0) is 17.8. The molecule has 0 unspecified atom stereocenters. The summed E-state index contributed by atoms with van der Waals surface area (Å²) in [6, 6.07) is 13.9. The van der Waals surface area contributed by atoms with Gasteiger partial charge in [0.2, 0.25) is 5.78 Å². The van der Waals surface area contributed by atoms with Crippen molar-refractivity contribution in [3.63, 3.8) is 0 Å². The fraction of sp³-hybridized carbons (Fsp3) is 0.150. The molecule has 1 N–H and O–H groups in total. The molecule has 0 saturated carbocycles. The first-order valence-electron chi connectivity index (χ1n) is 7.93. The minimum absolute atomic E-state index is 0.249. The predicted octanol–water partition coefficient (Wildman–Crippen LogP) is 3.64. The molecule has 0 bridgehead atoms. The predicted molar refractivity (Wildman–Crippen MR) is 93.4 cm³/mol. The Balaban J connectivity index is 1.75. The smallest absolute Gasteiger partial charge is 0.338 e. The van der Waals surface area contributed by atoms with Crippen LogP contribution in [-0.4, -0.2) is 23.3 Å². The second-order valence-corrected chi connectivity index (χ2v) is 5.59. The highest BCUT2D eigenvalue weighted by atomic mass is 16.5. The van der Waals surface area contributed by atoms with Crippen molar-refractivity contribution >= 4 is 22.7 Å². The second kappa shape index (κ2) is 7.02. The number of ketones is 1. The molecular formula is C20H16N2O3. The zero-order valence-corrected chi connectivity index (χ0v) is 13.7. The van der Waals surface area contributed by atoms with Crippen molar-refractivity contribution in [2.45, 2.75) is 13.3 Å². The van der Waals surface area contributed by atoms with Crippen LogP contribution in [-0.2, 0) is 11.2 Å². The number of aromatic nitrogens is 1. The summed E-state index contributed by atoms with van der Waals surface area (Å²) in [7, 11) is 0. The van der Waals surface area contributed by atoms with Gasteiger partial charge in [0, 0.05) is 22.7 Å². The Morgan fingerprint density at radius 3 is 2.76 bits per heavy atom. The van der Waals surface area contributed by atoms with Gasteiger partial charge < -0.3 is 9.72 Å². The van der Waals surface area contributed by atoms with E-state index < -0.39 is 5.97 Å². The van der Waals surface area contributed by atoms with Crippen LogP contribution >= 0.6 is 0 Å². The van der Waals surface area contributed by atoms with Gasteiger partial charge in [-0.15, -0.1) is 0 Å². The summed E-state index contributed by atoms with van der Waals surface area (Å²) in [5.41, 5.74) is 3.18. The van der Waals surface area contributed by atoms with Gasteiger partial charge in [-0.25, -0.2) is 4.79 Å². The molecule has 1 heterocycles. The molecule has 0 atom stereocenters. The summed E-state index contributed by atoms with van der Waals surface area (Å²) in [5.74, 6) is -0.899. The maximum Gasteiger partial charge on any atom is 0.338 e. The topological polar surface area (TPSA) is 82.9 Å². The lowest BCUT2D eigenvalue weighted by Crippen LogP contribution is -2.14. The van der Waals surface area contributed by atoms with E-state index in [0.29, 0.717) is 11.1 Å². The third-order valence-electron chi connectivity index (χ3n) is 4.04. The van der Waals surface area contributed by atoms with Gasteiger partial charge in [-0.1, -0.05) is 31.2 Å². The molecule has 5 nitrogen and oxygen atoms in total. The Hall–Kier alpha value is -3.39. The Morgan fingerprint density at radius 2 is 2.00 bits per heavy atom. The van der Waals surface area contributed by atoms with Gasteiger partial charge in [-0.3, -0.25) is 4.79 Å². The van der Waals surface area contributed by atoms with Gasteiger partial charge in [-0.05, 0) is 30.2 Å². The van der Waals surface area contributed by atoms with Crippen LogP contribution < -0.4 is 0 Å². The van der Waals surface area contributed by atoms with E-state index in [2.05, 4.69) is 4.98 Å². The van der Waals surface area contributed by atoms with Crippen LogP contribution in [0.15, 0.2) is 48.7 Å². The van der Waals surface area contributed by atoms with Gasteiger partial charge in [-0.2, -0.15) is 5.26 Å². The van der Waals surface area contributed by atoms with Crippen LogP contribution in [0.3, 0.4) is 0 Å². The highest BCUT2D eigenvalue weighted by molar-refractivity contribution is 6.09. The number of ether oxygens (including phenoxy) is 1. The molecule has 25 heavy (non-hydrogen) atoms. The summed E-state index contributed by atoms with van der Waals surface area (Å²) in [5, 5.41) is 9.70. The largest absolute Gasteiger partial charge is 0.454 e. The second-order valence-electron chi connectivity index (χ2n) is 5.59. The molecule has 0 aliphatic heterocycles. The number of nitriles is 1. The number of carbonyl (C=O) groups excluding carboxylic acids is 2. The molecule has 2 aromatic carbocycles. The Kier molecular flexibility index (Phi) is 4.62. The summed E-state index contributed by atoms with van der Waals surface area (Å²) in [4.78, 5) is 27.6. The van der Waals surface area contributed by atoms with Crippen molar-refractivity contribution in [3.8, 4) is 6.07 Å². The first-order chi connectivity index (χ1) is 12.1. The zero-order valence-electron chi connectivity index (χ0n) is 13.7. The number of fused-ring (bicyclic) bond motifs is 1. The average Bonchev–Trinajstić information content (AvgIpc) is 3.10. The summed E-state index contributed by atoms with van der Waals surface area (Å²) in [6.07, 6.45) is 2.51. The van der Waals surface area contributed by atoms with Gasteiger partial charge in [0.15, 0.2) is 6.61 Å². The van der Waals surface area contributed by atoms with Gasteiger partial charge in [0.25, 0.3) is 0 Å². The maximum atomic E-state index is 12.4. The Bertz CT molecular complexity index is 996. The third-order valence-corrected chi connectivity index (χ3v) is 4.04. The fourth-order valence-electron chi connectivity index (χ4n) is 2.75. The van der Waals surface area contributed by atoms with E-state index in [1.165, 1.54) is 6.07 Å². The van der Waals surface area contributed by atoms with Gasteiger partial charge in [0.1, 0.15) is 0 Å². The van der Waals surface area contributed by atoms with Crippen molar-refractivity contribution in [3.05, 3.63) is 70.9 Å². The van der Waals surface area contributed by atoms with E-state index in [-0.39, 0.29) is 18.0 Å². The first kappa shape index (κ1) is 16.5. The van der Waals surface area contributed by atoms with Crippen LogP contribution in [0.4, 0.5) is 0 Å². The number of nitrogens with one attached hydrogen (secondary N) is 1. The quantitative estimate of drug-likeness (QED) is 0.571. The van der Waals surface area contributed by atoms with E-state index in [9.17, 15) is 9.59 Å². The standard InChI is InChI=1S/C20H16N2O3/c1-2-14-6-4-8-16-17(11-22-19(14)16)18(23)12-25-20(24)15-7-3-5-13(9-15)10-21/h3-9,11,22H,2,12H2,1H3. The van der Waals surface area contributed by atoms with E-state index >= 15 is 0 Å². The molecule has 1 aromatic heterocycles. The summed E-state index contributed by atoms with van der Waals surface area (Å²) >= 11 is 0. The van der Waals surface area contributed by atoms with Crippen molar-refractivity contribution in [2.75, 3.05) is 6.61 Å². The molecule has 0 radical (unpaired) electrons. The molecule has 0 amide bonds. The molecule has 0 saturated heterocycles. The van der Waals surface area contributed by atoms with Crippen LogP contribution in [0, 0.1) is 11.3 Å². The molecule has 0 aliphatic rings. The highest BCUT2D eigenvalue weighted by Crippen LogP contribution is 2.22. The molecule has 3 aromatic rings. The number of esters is 1. The molecular weight excluding hydrogens is 316 g/mol. The van der Waals surface area contributed by atoms with E-state index in [4.69, 9.17) is 10.00 Å². The van der Waals surface area contributed by atoms with Crippen molar-refractivity contribution in [2.24, 2.45) is 0 Å². The fourth-order valence-corrected chi connectivity index (χ4v) is 2.75. The van der Waals surface area contributed by atoms with Crippen LogP contribution in [0.2, 0.25) is 0 Å². The highest BCUT2D eigenvalue weighted by Gasteiger charge is 2.16. The number of Topliss-reactive ketones (excluding diaryl/α,β-unsaturated/α-hetero) is 1. The number of aryl methyl sites for hydroxylation is 1. The number of hydrogen-bond donors (Lipinski definition) is 1. The number of H-pyrrole nitrogens is 1. The number of rotatable bonds is 5. The number of carbonyl (C=O) groups is 2. The lowest BCUT2D eigenvalue weighted by atomic mass is 10.1. The van der Waals surface area contributed by atoms with Crippen LogP contribution in [0.1, 0.15) is 38.8 Å². The minimum atomic E-state index is -0.625. The van der Waals surface area contributed by atoms with Gasteiger partial charge in [0.05, 0.1) is 17.2 Å². The summed E-state index contributed by atoms with van der Waals surface area (Å²) in [6.45, 7) is 1.70. The molecule has 0 aliphatic carbocycles. The minimum Gasteiger partial charge on any atom is -0.454 e. The number of hydrogen-bond acceptors (Lipinski definition) is 4. The van der Waals surface area contributed by atoms with Gasteiger partial charge >= 0.3 is 5.97 Å². The van der Waals surface area contributed by atoms with E-state index in [1.54, 1.807) is 24.4 Å². The molecule has 3 rings (SSSR count). The van der Waals surface area contributed by atoms with Crippen molar-refractivity contribution in [1.82, 2.24) is 4.98 Å². The monoisotopic (exact) mass is 332 g/mol. The molecule has 0 fully saturated rings. The Morgan fingerprint density at radius 1 is 1.20 bits per heavy atom. The number of aromatic amines is 1. The van der Waals surface area contributed by atoms with Crippen LogP contribution in [0.5, 0.6) is 0 Å². The number of para-hydroxylation sites is 1. The van der Waals surface area contributed by atoms with Crippen molar-refractivity contribution in [1.29, 1.82) is 5.26 Å². The molecule has 124 valence electrons. The van der Waals surface area contributed by atoms with E-state index in [1.807, 2.05) is 31.2 Å². The summed E-state index contributed by atoms with van der Waals surface area (Å²) < 4.78 is 5.11. The Labute approximate surface area is 144 Å². The van der Waals surface area contributed by atoms with Crippen molar-refractivity contribution < 1.29 is 14.3 Å². The first-order valence-corrected chi connectivity index (χ1v) is 7.93. The average molecular weight is 332 g/mol. The third kappa shape index (κ3) is 3.29. The lowest BCUT2D eigenvalue weighted by Gasteiger charge is -2.04. The molecule has 0 spiro atoms. The maximum absolute atomic E-state index is 12.4. The SMILES string of the molecule is CCc1cccc2c(C(=O)COC(=O)c3cccc(C#N)c3)c[nH]c12. The number of nitrogens with zero attached hydrogens (tertiary/aromatic N) is 1.